The summed E-state index contributed by atoms with van der Waals surface area (Å²) in [5, 5.41) is 3.78. The Morgan fingerprint density at radius 2 is 1.96 bits per heavy atom. The SMILES string of the molecule is O=C(Nc1cc(N2CCCCC2)ncn1)c1c[nH]c2ccccc12. The lowest BCUT2D eigenvalue weighted by Crippen LogP contribution is -2.30. The standard InChI is InChI=1S/C18H19N5O/c24-18(14-11-19-15-7-3-2-6-13(14)15)22-16-10-17(21-12-20-16)23-8-4-1-5-9-23/h2-3,6-7,10-12,19H,1,4-5,8-9H2,(H,20,21,22,24). The Kier molecular flexibility index (Phi) is 3.86. The predicted octanol–water partition coefficient (Wildman–Crippen LogP) is 3.20. The molecule has 1 aromatic carbocycles. The van der Waals surface area contributed by atoms with Gasteiger partial charge in [-0.2, -0.15) is 0 Å². The van der Waals surface area contributed by atoms with E-state index in [-0.39, 0.29) is 5.91 Å². The Labute approximate surface area is 139 Å². The van der Waals surface area contributed by atoms with E-state index in [1.54, 1.807) is 6.20 Å². The summed E-state index contributed by atoms with van der Waals surface area (Å²) in [5.74, 6) is 1.23. The molecule has 3 aromatic rings. The molecule has 1 fully saturated rings. The monoisotopic (exact) mass is 321 g/mol. The Morgan fingerprint density at radius 1 is 1.12 bits per heavy atom. The summed E-state index contributed by atoms with van der Waals surface area (Å²) in [6.07, 6.45) is 6.87. The van der Waals surface area contributed by atoms with Crippen LogP contribution in [0, 0.1) is 0 Å². The lowest BCUT2D eigenvalue weighted by atomic mass is 10.1. The molecular formula is C18H19N5O. The van der Waals surface area contributed by atoms with Crippen LogP contribution in [0.4, 0.5) is 11.6 Å². The molecule has 6 nitrogen and oxygen atoms in total. The number of benzene rings is 1. The molecule has 24 heavy (non-hydrogen) atoms. The van der Waals surface area contributed by atoms with Crippen LogP contribution >= 0.6 is 0 Å². The van der Waals surface area contributed by atoms with Crippen LogP contribution in [0.25, 0.3) is 10.9 Å². The largest absolute Gasteiger partial charge is 0.360 e. The van der Waals surface area contributed by atoms with Gasteiger partial charge in [0.2, 0.25) is 0 Å². The summed E-state index contributed by atoms with van der Waals surface area (Å²) in [6, 6.07) is 9.59. The summed E-state index contributed by atoms with van der Waals surface area (Å²) in [4.78, 5) is 26.5. The van der Waals surface area contributed by atoms with Gasteiger partial charge in [-0.05, 0) is 25.3 Å². The smallest absolute Gasteiger partial charge is 0.258 e. The number of hydrogen-bond acceptors (Lipinski definition) is 4. The summed E-state index contributed by atoms with van der Waals surface area (Å²) in [6.45, 7) is 2.01. The van der Waals surface area contributed by atoms with Gasteiger partial charge in [0, 0.05) is 36.3 Å². The van der Waals surface area contributed by atoms with E-state index in [0.717, 1.165) is 29.8 Å². The highest BCUT2D eigenvalue weighted by Crippen LogP contribution is 2.21. The second kappa shape index (κ2) is 6.31. The van der Waals surface area contributed by atoms with Crippen molar-refractivity contribution >= 4 is 28.4 Å². The first-order valence-corrected chi connectivity index (χ1v) is 8.26. The minimum Gasteiger partial charge on any atom is -0.360 e. The molecule has 0 saturated carbocycles. The number of fused-ring (bicyclic) bond motifs is 1. The third-order valence-corrected chi connectivity index (χ3v) is 4.41. The number of amides is 1. The Morgan fingerprint density at radius 3 is 2.83 bits per heavy atom. The molecule has 3 heterocycles. The van der Waals surface area contributed by atoms with Crippen molar-refractivity contribution in [3.63, 3.8) is 0 Å². The van der Waals surface area contributed by atoms with Crippen molar-refractivity contribution in [2.75, 3.05) is 23.3 Å². The topological polar surface area (TPSA) is 73.9 Å². The third-order valence-electron chi connectivity index (χ3n) is 4.41. The van der Waals surface area contributed by atoms with E-state index >= 15 is 0 Å². The predicted molar refractivity (Wildman–Crippen MR) is 94.3 cm³/mol. The van der Waals surface area contributed by atoms with Gasteiger partial charge >= 0.3 is 0 Å². The fraction of sp³-hybridized carbons (Fsp3) is 0.278. The minimum absolute atomic E-state index is 0.171. The highest BCUT2D eigenvalue weighted by Gasteiger charge is 2.15. The van der Waals surface area contributed by atoms with Crippen LogP contribution in [0.15, 0.2) is 42.9 Å². The van der Waals surface area contributed by atoms with Gasteiger partial charge in [0.25, 0.3) is 5.91 Å². The van der Waals surface area contributed by atoms with E-state index in [2.05, 4.69) is 25.2 Å². The number of carbonyl (C=O) groups is 1. The van der Waals surface area contributed by atoms with Crippen LogP contribution in [0.1, 0.15) is 29.6 Å². The van der Waals surface area contributed by atoms with Gasteiger partial charge in [-0.25, -0.2) is 9.97 Å². The second-order valence-electron chi connectivity index (χ2n) is 6.01. The molecule has 1 saturated heterocycles. The van der Waals surface area contributed by atoms with E-state index < -0.39 is 0 Å². The average molecular weight is 321 g/mol. The van der Waals surface area contributed by atoms with Crippen LogP contribution in [0.3, 0.4) is 0 Å². The first kappa shape index (κ1) is 14.7. The van der Waals surface area contributed by atoms with Crippen molar-refractivity contribution in [2.24, 2.45) is 0 Å². The molecule has 1 aliphatic rings. The van der Waals surface area contributed by atoms with E-state index in [0.29, 0.717) is 11.4 Å². The van der Waals surface area contributed by atoms with Crippen LogP contribution < -0.4 is 10.2 Å². The summed E-state index contributed by atoms with van der Waals surface area (Å²) in [7, 11) is 0. The first-order valence-electron chi connectivity index (χ1n) is 8.26. The number of hydrogen-bond donors (Lipinski definition) is 2. The van der Waals surface area contributed by atoms with Crippen molar-refractivity contribution in [1.29, 1.82) is 0 Å². The van der Waals surface area contributed by atoms with Crippen molar-refractivity contribution in [3.05, 3.63) is 48.4 Å². The highest BCUT2D eigenvalue weighted by molar-refractivity contribution is 6.12. The van der Waals surface area contributed by atoms with Gasteiger partial charge in [0.1, 0.15) is 18.0 Å². The fourth-order valence-electron chi connectivity index (χ4n) is 3.15. The van der Waals surface area contributed by atoms with Gasteiger partial charge in [0.15, 0.2) is 0 Å². The fourth-order valence-corrected chi connectivity index (χ4v) is 3.15. The van der Waals surface area contributed by atoms with Crippen molar-refractivity contribution < 1.29 is 4.79 Å². The number of aromatic nitrogens is 3. The molecule has 4 rings (SSSR count). The van der Waals surface area contributed by atoms with Crippen molar-refractivity contribution in [1.82, 2.24) is 15.0 Å². The average Bonchev–Trinajstić information content (AvgIpc) is 3.07. The number of H-pyrrole nitrogens is 1. The first-order chi connectivity index (χ1) is 11.8. The quantitative estimate of drug-likeness (QED) is 0.777. The maximum Gasteiger partial charge on any atom is 0.258 e. The number of piperidine rings is 1. The summed E-state index contributed by atoms with van der Waals surface area (Å²) >= 11 is 0. The molecule has 6 heteroatoms. The van der Waals surface area contributed by atoms with Gasteiger partial charge < -0.3 is 15.2 Å². The van der Waals surface area contributed by atoms with Crippen LogP contribution in [-0.4, -0.2) is 33.9 Å². The zero-order valence-electron chi connectivity index (χ0n) is 13.3. The lowest BCUT2D eigenvalue weighted by Gasteiger charge is -2.27. The lowest BCUT2D eigenvalue weighted by molar-refractivity contribution is 0.102. The Bertz CT molecular complexity index is 866. The number of nitrogens with one attached hydrogen (secondary N) is 2. The molecule has 2 N–H and O–H groups in total. The normalized spacial score (nSPS) is 14.8. The molecular weight excluding hydrogens is 302 g/mol. The van der Waals surface area contributed by atoms with Gasteiger partial charge in [-0.15, -0.1) is 0 Å². The number of aromatic amines is 1. The van der Waals surface area contributed by atoms with Gasteiger partial charge in [-0.1, -0.05) is 18.2 Å². The summed E-state index contributed by atoms with van der Waals surface area (Å²) < 4.78 is 0. The number of carbonyl (C=O) groups excluding carboxylic acids is 1. The third kappa shape index (κ3) is 2.82. The Balaban J connectivity index is 1.55. The van der Waals surface area contributed by atoms with Crippen molar-refractivity contribution in [2.45, 2.75) is 19.3 Å². The molecule has 1 amide bonds. The zero-order chi connectivity index (χ0) is 16.4. The summed E-state index contributed by atoms with van der Waals surface area (Å²) in [5.41, 5.74) is 1.56. The minimum atomic E-state index is -0.171. The maximum absolute atomic E-state index is 12.6. The number of rotatable bonds is 3. The molecule has 2 aromatic heterocycles. The van der Waals surface area contributed by atoms with Gasteiger partial charge in [0.05, 0.1) is 5.56 Å². The maximum atomic E-state index is 12.6. The van der Waals surface area contributed by atoms with Crippen molar-refractivity contribution in [3.8, 4) is 0 Å². The Hall–Kier alpha value is -2.89. The van der Waals surface area contributed by atoms with E-state index in [4.69, 9.17) is 0 Å². The molecule has 0 unspecified atom stereocenters. The van der Waals surface area contributed by atoms with Crippen LogP contribution in [0.5, 0.6) is 0 Å². The van der Waals surface area contributed by atoms with E-state index in [1.165, 1.54) is 25.6 Å². The van der Waals surface area contributed by atoms with Crippen LogP contribution in [0.2, 0.25) is 0 Å². The number of nitrogens with zero attached hydrogens (tertiary/aromatic N) is 3. The highest BCUT2D eigenvalue weighted by atomic mass is 16.1. The molecule has 0 atom stereocenters. The van der Waals surface area contributed by atoms with Gasteiger partial charge in [-0.3, -0.25) is 4.79 Å². The van der Waals surface area contributed by atoms with E-state index in [9.17, 15) is 4.79 Å². The number of anilines is 2. The zero-order valence-corrected chi connectivity index (χ0v) is 13.3. The molecule has 0 radical (unpaired) electrons. The molecule has 122 valence electrons. The second-order valence-corrected chi connectivity index (χ2v) is 6.01. The van der Waals surface area contributed by atoms with Crippen LogP contribution in [-0.2, 0) is 0 Å². The van der Waals surface area contributed by atoms with E-state index in [1.807, 2.05) is 30.3 Å². The molecule has 0 aliphatic carbocycles. The number of para-hydroxylation sites is 1. The molecule has 0 bridgehead atoms. The molecule has 1 aliphatic heterocycles. The molecule has 0 spiro atoms.